The summed E-state index contributed by atoms with van der Waals surface area (Å²) in [6, 6.07) is 13.6. The van der Waals surface area contributed by atoms with Crippen molar-refractivity contribution in [2.24, 2.45) is 0 Å². The van der Waals surface area contributed by atoms with E-state index < -0.39 is 5.82 Å². The molecule has 0 radical (unpaired) electrons. The highest BCUT2D eigenvalue weighted by Gasteiger charge is 2.22. The predicted molar refractivity (Wildman–Crippen MR) is 77.7 cm³/mol. The topological polar surface area (TPSA) is 54.8 Å². The largest absolute Gasteiger partial charge is 0.468 e. The van der Waals surface area contributed by atoms with Crippen molar-refractivity contribution in [2.75, 3.05) is 20.0 Å². The first kappa shape index (κ1) is 14.5. The molecule has 1 unspecified atom stereocenters. The molecule has 1 heterocycles. The van der Waals surface area contributed by atoms with Crippen molar-refractivity contribution in [3.05, 3.63) is 53.8 Å². The number of rotatable bonds is 6. The summed E-state index contributed by atoms with van der Waals surface area (Å²) >= 11 is 0. The number of nitriles is 1. The highest BCUT2D eigenvalue weighted by atomic mass is 19.1. The molecule has 0 saturated carbocycles. The molecule has 2 aromatic carbocycles. The molecule has 3 rings (SSSR count). The Hall–Kier alpha value is -2.42. The van der Waals surface area contributed by atoms with Crippen molar-refractivity contribution in [1.29, 1.82) is 5.26 Å². The molecule has 1 aliphatic rings. The van der Waals surface area contributed by atoms with E-state index in [2.05, 4.69) is 0 Å². The number of hydrogen-bond acceptors (Lipinski definition) is 4. The first-order chi connectivity index (χ1) is 10.8. The van der Waals surface area contributed by atoms with E-state index in [1.54, 1.807) is 24.3 Å². The van der Waals surface area contributed by atoms with Crippen LogP contribution in [0.5, 0.6) is 5.75 Å². The van der Waals surface area contributed by atoms with Gasteiger partial charge in [-0.25, -0.2) is 4.39 Å². The molecule has 0 N–H and O–H groups in total. The van der Waals surface area contributed by atoms with Gasteiger partial charge in [-0.2, -0.15) is 5.26 Å². The summed E-state index contributed by atoms with van der Waals surface area (Å²) in [6.07, 6.45) is 0.220. The maximum absolute atomic E-state index is 13.6. The summed E-state index contributed by atoms with van der Waals surface area (Å²) in [7, 11) is 0. The van der Waals surface area contributed by atoms with E-state index >= 15 is 0 Å². The second-order valence-corrected chi connectivity index (χ2v) is 4.92. The van der Waals surface area contributed by atoms with Gasteiger partial charge in [0, 0.05) is 0 Å². The van der Waals surface area contributed by atoms with Crippen LogP contribution in [0.1, 0.15) is 5.56 Å². The van der Waals surface area contributed by atoms with Crippen LogP contribution in [-0.4, -0.2) is 26.1 Å². The average Bonchev–Trinajstić information content (AvgIpc) is 3.36. The summed E-state index contributed by atoms with van der Waals surface area (Å²) in [4.78, 5) is 0. The minimum atomic E-state index is -0.518. The fourth-order valence-corrected chi connectivity index (χ4v) is 1.98. The van der Waals surface area contributed by atoms with E-state index in [-0.39, 0.29) is 18.5 Å². The Morgan fingerprint density at radius 3 is 2.55 bits per heavy atom. The van der Waals surface area contributed by atoms with Crippen molar-refractivity contribution in [3.63, 3.8) is 0 Å². The number of benzene rings is 2. The highest BCUT2D eigenvalue weighted by Crippen LogP contribution is 2.24. The van der Waals surface area contributed by atoms with Crippen LogP contribution in [-0.2, 0) is 9.47 Å². The van der Waals surface area contributed by atoms with Crippen molar-refractivity contribution in [2.45, 2.75) is 6.10 Å². The van der Waals surface area contributed by atoms with Gasteiger partial charge >= 0.3 is 0 Å². The lowest BCUT2D eigenvalue weighted by Gasteiger charge is -2.08. The second kappa shape index (κ2) is 6.56. The number of ether oxygens (including phenoxy) is 3. The van der Waals surface area contributed by atoms with Gasteiger partial charge in [0.05, 0.1) is 18.8 Å². The summed E-state index contributed by atoms with van der Waals surface area (Å²) in [5.74, 6) is 0.158. The molecule has 5 heteroatoms. The Labute approximate surface area is 127 Å². The average molecular weight is 299 g/mol. The molecular formula is C17H14FNO3. The predicted octanol–water partition coefficient (Wildman–Crippen LogP) is 3.12. The normalized spacial score (nSPS) is 16.1. The van der Waals surface area contributed by atoms with E-state index in [1.165, 1.54) is 12.1 Å². The van der Waals surface area contributed by atoms with Crippen LogP contribution in [0.4, 0.5) is 4.39 Å². The van der Waals surface area contributed by atoms with Crippen LogP contribution in [0.15, 0.2) is 42.5 Å². The van der Waals surface area contributed by atoms with Crippen molar-refractivity contribution < 1.29 is 18.6 Å². The molecule has 112 valence electrons. The van der Waals surface area contributed by atoms with Crippen LogP contribution in [0, 0.1) is 17.1 Å². The third-order valence-electron chi connectivity index (χ3n) is 3.29. The van der Waals surface area contributed by atoms with E-state index in [4.69, 9.17) is 19.5 Å². The Kier molecular flexibility index (Phi) is 4.33. The smallest absolute Gasteiger partial charge is 0.189 e. The molecule has 2 aromatic rings. The summed E-state index contributed by atoms with van der Waals surface area (Å²) < 4.78 is 29.4. The Morgan fingerprint density at radius 2 is 1.91 bits per heavy atom. The Bertz CT molecular complexity index is 690. The maximum atomic E-state index is 13.6. The third-order valence-corrected chi connectivity index (χ3v) is 3.29. The van der Waals surface area contributed by atoms with Crippen LogP contribution >= 0.6 is 0 Å². The molecule has 0 spiro atoms. The minimum Gasteiger partial charge on any atom is -0.468 e. The van der Waals surface area contributed by atoms with Crippen LogP contribution in [0.2, 0.25) is 0 Å². The molecule has 1 atom stereocenters. The first-order valence-electron chi connectivity index (χ1n) is 6.88. The zero-order valence-electron chi connectivity index (χ0n) is 11.8. The van der Waals surface area contributed by atoms with Crippen LogP contribution in [0.3, 0.4) is 0 Å². The lowest BCUT2D eigenvalue weighted by atomic mass is 10.0. The van der Waals surface area contributed by atoms with Crippen molar-refractivity contribution in [3.8, 4) is 22.9 Å². The fraction of sp³-hybridized carbons (Fsp3) is 0.235. The van der Waals surface area contributed by atoms with E-state index in [1.807, 2.05) is 12.1 Å². The Balaban J connectivity index is 1.60. The van der Waals surface area contributed by atoms with Crippen LogP contribution < -0.4 is 4.74 Å². The van der Waals surface area contributed by atoms with Gasteiger partial charge in [-0.15, -0.1) is 0 Å². The standard InChI is InChI=1S/C17H14FNO3/c18-17-7-13(1-2-14(17)8-19)12-3-5-15(6-4-12)22-11-20-9-16-10-21-16/h1-7,16H,9-11H2. The minimum absolute atomic E-state index is 0.0421. The Morgan fingerprint density at radius 1 is 1.18 bits per heavy atom. The SMILES string of the molecule is N#Cc1ccc(-c2ccc(OCOCC3CO3)cc2)cc1F. The lowest BCUT2D eigenvalue weighted by Crippen LogP contribution is -2.07. The number of halogens is 1. The monoisotopic (exact) mass is 299 g/mol. The number of hydrogen-bond donors (Lipinski definition) is 0. The molecule has 0 amide bonds. The van der Waals surface area contributed by atoms with E-state index in [0.717, 1.165) is 12.2 Å². The number of epoxide rings is 1. The van der Waals surface area contributed by atoms with Gasteiger partial charge in [-0.3, -0.25) is 0 Å². The van der Waals surface area contributed by atoms with Crippen molar-refractivity contribution in [1.82, 2.24) is 0 Å². The van der Waals surface area contributed by atoms with Gasteiger partial charge < -0.3 is 14.2 Å². The van der Waals surface area contributed by atoms with Gasteiger partial charge in [0.1, 0.15) is 23.7 Å². The molecule has 0 aliphatic carbocycles. The molecule has 1 fully saturated rings. The third kappa shape index (κ3) is 3.61. The fourth-order valence-electron chi connectivity index (χ4n) is 1.98. The van der Waals surface area contributed by atoms with Gasteiger partial charge in [-0.05, 0) is 35.4 Å². The highest BCUT2D eigenvalue weighted by molar-refractivity contribution is 5.65. The zero-order chi connectivity index (χ0) is 15.4. The molecule has 0 bridgehead atoms. The molecule has 1 aliphatic heterocycles. The zero-order valence-corrected chi connectivity index (χ0v) is 11.8. The molecule has 22 heavy (non-hydrogen) atoms. The lowest BCUT2D eigenvalue weighted by molar-refractivity contribution is 0.00822. The summed E-state index contributed by atoms with van der Waals surface area (Å²) in [5.41, 5.74) is 1.61. The van der Waals surface area contributed by atoms with Gasteiger partial charge in [0.2, 0.25) is 0 Å². The molecule has 1 saturated heterocycles. The van der Waals surface area contributed by atoms with Crippen LogP contribution in [0.25, 0.3) is 11.1 Å². The van der Waals surface area contributed by atoms with E-state index in [0.29, 0.717) is 17.9 Å². The van der Waals surface area contributed by atoms with Gasteiger partial charge in [-0.1, -0.05) is 18.2 Å². The van der Waals surface area contributed by atoms with Gasteiger partial charge in [0.15, 0.2) is 6.79 Å². The van der Waals surface area contributed by atoms with Crippen molar-refractivity contribution >= 4 is 0 Å². The second-order valence-electron chi connectivity index (χ2n) is 4.92. The number of nitrogens with zero attached hydrogens (tertiary/aromatic N) is 1. The maximum Gasteiger partial charge on any atom is 0.189 e. The molecular weight excluding hydrogens is 285 g/mol. The van der Waals surface area contributed by atoms with Gasteiger partial charge in [0.25, 0.3) is 0 Å². The summed E-state index contributed by atoms with van der Waals surface area (Å²) in [6.45, 7) is 1.48. The quantitative estimate of drug-likeness (QED) is 0.467. The summed E-state index contributed by atoms with van der Waals surface area (Å²) in [5, 5.41) is 8.73. The van der Waals surface area contributed by atoms with E-state index in [9.17, 15) is 4.39 Å². The molecule has 0 aromatic heterocycles. The molecule has 4 nitrogen and oxygen atoms in total. The first-order valence-corrected chi connectivity index (χ1v) is 6.88.